The van der Waals surface area contributed by atoms with Gasteiger partial charge in [0.2, 0.25) is 0 Å². The van der Waals surface area contributed by atoms with E-state index in [0.29, 0.717) is 11.8 Å². The molecule has 3 aromatic rings. The second kappa shape index (κ2) is 7.13. The van der Waals surface area contributed by atoms with Crippen LogP contribution in [0, 0.1) is 6.92 Å². The lowest BCUT2D eigenvalue weighted by atomic mass is 10.2. The highest BCUT2D eigenvalue weighted by Gasteiger charge is 2.05. The number of anilines is 1. The van der Waals surface area contributed by atoms with Crippen molar-refractivity contribution < 1.29 is 0 Å². The highest BCUT2D eigenvalue weighted by Crippen LogP contribution is 2.07. The second-order valence-electron chi connectivity index (χ2n) is 4.82. The Hall–Kier alpha value is -3.28. The lowest BCUT2D eigenvalue weighted by molar-refractivity contribution is 0.834. The van der Waals surface area contributed by atoms with E-state index in [1.54, 1.807) is 17.1 Å². The second-order valence-corrected chi connectivity index (χ2v) is 4.82. The summed E-state index contributed by atoms with van der Waals surface area (Å²) in [7, 11) is 0. The van der Waals surface area contributed by atoms with Gasteiger partial charge in [-0.15, -0.1) is 10.2 Å². The molecule has 0 spiro atoms. The first-order chi connectivity index (χ1) is 11.3. The van der Waals surface area contributed by atoms with Crippen molar-refractivity contribution in [2.24, 2.45) is 10.2 Å². The zero-order valence-corrected chi connectivity index (χ0v) is 12.7. The van der Waals surface area contributed by atoms with E-state index >= 15 is 0 Å². The van der Waals surface area contributed by atoms with Gasteiger partial charge in [0.05, 0.1) is 12.4 Å². The predicted octanol–water partition coefficient (Wildman–Crippen LogP) is 2.91. The molecular weight excluding hydrogens is 288 g/mol. The summed E-state index contributed by atoms with van der Waals surface area (Å²) in [4.78, 5) is 0. The van der Waals surface area contributed by atoms with Crippen LogP contribution < -0.4 is 5.43 Å². The molecule has 0 aliphatic heterocycles. The molecule has 0 bridgehead atoms. The van der Waals surface area contributed by atoms with E-state index in [0.717, 1.165) is 11.1 Å². The van der Waals surface area contributed by atoms with Gasteiger partial charge in [-0.1, -0.05) is 60.7 Å². The molecule has 0 aliphatic rings. The van der Waals surface area contributed by atoms with E-state index in [2.05, 4.69) is 25.8 Å². The molecule has 3 rings (SSSR count). The smallest absolute Gasteiger partial charge is 0.244 e. The minimum atomic E-state index is 0.460. The summed E-state index contributed by atoms with van der Waals surface area (Å²) in [6.07, 6.45) is 3.47. The minimum Gasteiger partial charge on any atom is -0.244 e. The SMILES string of the molecule is Cc1nnc(N/N=C\c2ccccc2)n1/N=C/c1ccccc1. The number of aromatic nitrogens is 3. The average molecular weight is 304 g/mol. The van der Waals surface area contributed by atoms with Crippen molar-refractivity contribution in [3.05, 3.63) is 77.6 Å². The first-order valence-corrected chi connectivity index (χ1v) is 7.18. The molecule has 1 N–H and O–H groups in total. The van der Waals surface area contributed by atoms with Crippen molar-refractivity contribution in [3.8, 4) is 0 Å². The summed E-state index contributed by atoms with van der Waals surface area (Å²) in [6, 6.07) is 19.6. The Morgan fingerprint density at radius 2 is 1.48 bits per heavy atom. The Kier molecular flexibility index (Phi) is 4.54. The van der Waals surface area contributed by atoms with Crippen molar-refractivity contribution in [1.29, 1.82) is 0 Å². The van der Waals surface area contributed by atoms with E-state index in [1.807, 2.05) is 67.6 Å². The number of benzene rings is 2. The van der Waals surface area contributed by atoms with Crippen LogP contribution in [0.1, 0.15) is 17.0 Å². The molecule has 0 saturated heterocycles. The molecule has 0 atom stereocenters. The van der Waals surface area contributed by atoms with Crippen LogP contribution in [0.3, 0.4) is 0 Å². The molecule has 1 heterocycles. The third-order valence-electron chi connectivity index (χ3n) is 3.10. The molecule has 0 fully saturated rings. The quantitative estimate of drug-likeness (QED) is 0.582. The molecular formula is C17H16N6. The summed E-state index contributed by atoms with van der Waals surface area (Å²) in [5, 5.41) is 16.6. The van der Waals surface area contributed by atoms with E-state index in [1.165, 1.54) is 0 Å². The van der Waals surface area contributed by atoms with Crippen LogP contribution in [0.4, 0.5) is 5.95 Å². The fourth-order valence-corrected chi connectivity index (χ4v) is 1.93. The van der Waals surface area contributed by atoms with Gasteiger partial charge in [-0.25, -0.2) is 5.43 Å². The fourth-order valence-electron chi connectivity index (χ4n) is 1.93. The summed E-state index contributed by atoms with van der Waals surface area (Å²) < 4.78 is 1.61. The zero-order chi connectivity index (χ0) is 15.9. The maximum atomic E-state index is 4.39. The molecule has 0 unspecified atom stereocenters. The van der Waals surface area contributed by atoms with E-state index in [9.17, 15) is 0 Å². The van der Waals surface area contributed by atoms with Crippen LogP contribution in [0.2, 0.25) is 0 Å². The Morgan fingerprint density at radius 3 is 2.13 bits per heavy atom. The van der Waals surface area contributed by atoms with Gasteiger partial charge in [0.15, 0.2) is 5.82 Å². The van der Waals surface area contributed by atoms with Crippen LogP contribution in [0.15, 0.2) is 70.9 Å². The topological polar surface area (TPSA) is 67.5 Å². The number of hydrazone groups is 1. The van der Waals surface area contributed by atoms with Gasteiger partial charge in [-0.3, -0.25) is 0 Å². The monoisotopic (exact) mass is 304 g/mol. The normalized spacial score (nSPS) is 11.3. The summed E-state index contributed by atoms with van der Waals surface area (Å²) in [5.41, 5.74) is 4.86. The van der Waals surface area contributed by atoms with E-state index in [4.69, 9.17) is 0 Å². The fraction of sp³-hybridized carbons (Fsp3) is 0.0588. The van der Waals surface area contributed by atoms with Gasteiger partial charge in [0.1, 0.15) is 0 Å². The summed E-state index contributed by atoms with van der Waals surface area (Å²) in [6.45, 7) is 1.83. The summed E-state index contributed by atoms with van der Waals surface area (Å²) >= 11 is 0. The van der Waals surface area contributed by atoms with Crippen LogP contribution in [-0.2, 0) is 0 Å². The molecule has 23 heavy (non-hydrogen) atoms. The molecule has 114 valence electrons. The number of aryl methyl sites for hydroxylation is 1. The van der Waals surface area contributed by atoms with Crippen molar-refractivity contribution in [3.63, 3.8) is 0 Å². The maximum absolute atomic E-state index is 4.39. The lowest BCUT2D eigenvalue weighted by Gasteiger charge is -2.01. The summed E-state index contributed by atoms with van der Waals surface area (Å²) in [5.74, 6) is 1.14. The average Bonchev–Trinajstić information content (AvgIpc) is 2.95. The number of hydrogen-bond acceptors (Lipinski definition) is 5. The van der Waals surface area contributed by atoms with Gasteiger partial charge in [0, 0.05) is 0 Å². The Balaban J connectivity index is 1.74. The van der Waals surface area contributed by atoms with E-state index < -0.39 is 0 Å². The Labute approximate surface area is 134 Å². The highest BCUT2D eigenvalue weighted by atomic mass is 15.5. The lowest BCUT2D eigenvalue weighted by Crippen LogP contribution is -2.01. The molecule has 0 saturated carbocycles. The van der Waals surface area contributed by atoms with E-state index in [-0.39, 0.29) is 0 Å². The van der Waals surface area contributed by atoms with Crippen LogP contribution in [0.25, 0.3) is 0 Å². The van der Waals surface area contributed by atoms with Gasteiger partial charge in [0.25, 0.3) is 5.95 Å². The van der Waals surface area contributed by atoms with Crippen molar-refractivity contribution in [1.82, 2.24) is 14.9 Å². The van der Waals surface area contributed by atoms with Crippen LogP contribution in [-0.4, -0.2) is 27.3 Å². The van der Waals surface area contributed by atoms with Gasteiger partial charge >= 0.3 is 0 Å². The maximum Gasteiger partial charge on any atom is 0.266 e. The molecule has 0 aliphatic carbocycles. The molecule has 1 aromatic heterocycles. The van der Waals surface area contributed by atoms with Gasteiger partial charge in [-0.05, 0) is 18.1 Å². The van der Waals surface area contributed by atoms with Crippen molar-refractivity contribution in [2.45, 2.75) is 6.92 Å². The molecule has 6 nitrogen and oxygen atoms in total. The Morgan fingerprint density at radius 1 is 0.870 bits per heavy atom. The molecule has 0 radical (unpaired) electrons. The third kappa shape index (κ3) is 3.88. The minimum absolute atomic E-state index is 0.460. The van der Waals surface area contributed by atoms with Crippen molar-refractivity contribution >= 4 is 18.4 Å². The first kappa shape index (κ1) is 14.6. The number of nitrogens with one attached hydrogen (secondary N) is 1. The van der Waals surface area contributed by atoms with Gasteiger partial charge in [-0.2, -0.15) is 14.9 Å². The molecule has 2 aromatic carbocycles. The molecule has 0 amide bonds. The van der Waals surface area contributed by atoms with Crippen LogP contribution in [0.5, 0.6) is 0 Å². The Bertz CT molecular complexity index is 806. The van der Waals surface area contributed by atoms with Crippen LogP contribution >= 0.6 is 0 Å². The number of hydrogen-bond donors (Lipinski definition) is 1. The van der Waals surface area contributed by atoms with Gasteiger partial charge < -0.3 is 0 Å². The highest BCUT2D eigenvalue weighted by molar-refractivity contribution is 5.80. The molecule has 6 heteroatoms. The predicted molar refractivity (Wildman–Crippen MR) is 91.9 cm³/mol. The zero-order valence-electron chi connectivity index (χ0n) is 12.7. The number of rotatable bonds is 5. The standard InChI is InChI=1S/C17H16N6/c1-14-20-22-17(21-18-12-15-8-4-2-5-9-15)23(14)19-13-16-10-6-3-7-11-16/h2-13H,1H3,(H,21,22)/b18-12-,19-13+. The first-order valence-electron chi connectivity index (χ1n) is 7.18. The third-order valence-corrected chi connectivity index (χ3v) is 3.10. The largest absolute Gasteiger partial charge is 0.266 e. The number of nitrogens with zero attached hydrogens (tertiary/aromatic N) is 5. The van der Waals surface area contributed by atoms with Crippen molar-refractivity contribution in [2.75, 3.05) is 5.43 Å².